The summed E-state index contributed by atoms with van der Waals surface area (Å²) in [4.78, 5) is 15.4. The molecule has 0 radical (unpaired) electrons. The molecule has 0 spiro atoms. The number of hydrogen-bond acceptors (Lipinski definition) is 5. The fraction of sp³-hybridized carbons (Fsp3) is 0.250. The summed E-state index contributed by atoms with van der Waals surface area (Å²) in [5.74, 6) is 1.33. The first-order valence-electron chi connectivity index (χ1n) is 5.48. The minimum atomic E-state index is -0.241. The maximum atomic E-state index is 11.5. The zero-order valence-corrected chi connectivity index (χ0v) is 9.92. The quantitative estimate of drug-likeness (QED) is 0.855. The first-order chi connectivity index (χ1) is 8.74. The van der Waals surface area contributed by atoms with Crippen molar-refractivity contribution < 1.29 is 14.1 Å². The zero-order valence-electron chi connectivity index (χ0n) is 9.92. The highest BCUT2D eigenvalue weighted by Crippen LogP contribution is 2.07. The molecule has 6 nitrogen and oxygen atoms in total. The van der Waals surface area contributed by atoms with Crippen molar-refractivity contribution in [2.45, 2.75) is 13.5 Å². The fourth-order valence-corrected chi connectivity index (χ4v) is 1.30. The molecular formula is C12H13N3O3. The van der Waals surface area contributed by atoms with Crippen LogP contribution in [0.4, 0.5) is 0 Å². The van der Waals surface area contributed by atoms with Gasteiger partial charge in [-0.25, -0.2) is 0 Å². The largest absolute Gasteiger partial charge is 0.484 e. The van der Waals surface area contributed by atoms with E-state index in [2.05, 4.69) is 15.5 Å². The van der Waals surface area contributed by atoms with E-state index in [0.29, 0.717) is 17.5 Å². The molecule has 0 unspecified atom stereocenters. The maximum absolute atomic E-state index is 11.5. The Bertz CT molecular complexity index is 510. The number of nitrogens with one attached hydrogen (secondary N) is 1. The molecule has 1 N–H and O–H groups in total. The number of aryl methyl sites for hydroxylation is 1. The van der Waals surface area contributed by atoms with Crippen LogP contribution in [0.3, 0.4) is 0 Å². The number of nitrogens with zero attached hydrogens (tertiary/aromatic N) is 2. The highest BCUT2D eigenvalue weighted by atomic mass is 16.5. The molecule has 0 saturated heterocycles. The molecule has 1 amide bonds. The Hall–Kier alpha value is -2.37. The Morgan fingerprint density at radius 1 is 1.39 bits per heavy atom. The highest BCUT2D eigenvalue weighted by molar-refractivity contribution is 5.77. The van der Waals surface area contributed by atoms with Crippen LogP contribution < -0.4 is 10.1 Å². The summed E-state index contributed by atoms with van der Waals surface area (Å²) in [6.45, 7) is 1.88. The molecule has 0 aliphatic heterocycles. The number of ether oxygens (including phenoxy) is 1. The molecule has 6 heteroatoms. The second-order valence-corrected chi connectivity index (χ2v) is 3.61. The predicted octanol–water partition coefficient (Wildman–Crippen LogP) is 1.07. The molecule has 1 heterocycles. The summed E-state index contributed by atoms with van der Waals surface area (Å²) < 4.78 is 10.1. The summed E-state index contributed by atoms with van der Waals surface area (Å²) in [6, 6.07) is 9.14. The maximum Gasteiger partial charge on any atom is 0.258 e. The van der Waals surface area contributed by atoms with E-state index in [9.17, 15) is 4.79 Å². The summed E-state index contributed by atoms with van der Waals surface area (Å²) in [7, 11) is 0. The van der Waals surface area contributed by atoms with Crippen LogP contribution in [-0.4, -0.2) is 22.7 Å². The van der Waals surface area contributed by atoms with Crippen molar-refractivity contribution in [3.05, 3.63) is 42.0 Å². The van der Waals surface area contributed by atoms with Gasteiger partial charge in [0.15, 0.2) is 12.4 Å². The van der Waals surface area contributed by atoms with Gasteiger partial charge >= 0.3 is 0 Å². The number of amides is 1. The van der Waals surface area contributed by atoms with Crippen molar-refractivity contribution in [3.63, 3.8) is 0 Å². The van der Waals surface area contributed by atoms with Gasteiger partial charge in [-0.2, -0.15) is 4.98 Å². The Labute approximate surface area is 104 Å². The minimum Gasteiger partial charge on any atom is -0.484 e. The van der Waals surface area contributed by atoms with E-state index in [1.165, 1.54) is 0 Å². The second kappa shape index (κ2) is 5.81. The number of rotatable bonds is 5. The smallest absolute Gasteiger partial charge is 0.258 e. The molecule has 1 aromatic carbocycles. The standard InChI is InChI=1S/C12H13N3O3/c1-9-14-12(18-15-9)7-13-11(16)8-17-10-5-3-2-4-6-10/h2-6H,7-8H2,1H3,(H,13,16). The minimum absolute atomic E-state index is 0.0445. The van der Waals surface area contributed by atoms with Gasteiger partial charge in [0.05, 0.1) is 6.54 Å². The van der Waals surface area contributed by atoms with Crippen LogP contribution in [-0.2, 0) is 11.3 Å². The number of para-hydroxylation sites is 1. The van der Waals surface area contributed by atoms with Gasteiger partial charge < -0.3 is 14.6 Å². The van der Waals surface area contributed by atoms with Crippen LogP contribution in [0.5, 0.6) is 5.75 Å². The van der Waals surface area contributed by atoms with Crippen molar-refractivity contribution in [2.75, 3.05) is 6.61 Å². The van der Waals surface area contributed by atoms with E-state index < -0.39 is 0 Å². The first kappa shape index (κ1) is 12.1. The van der Waals surface area contributed by atoms with Gasteiger partial charge in [-0.1, -0.05) is 23.4 Å². The van der Waals surface area contributed by atoms with Crippen molar-refractivity contribution in [2.24, 2.45) is 0 Å². The van der Waals surface area contributed by atoms with Crippen molar-refractivity contribution in [3.8, 4) is 5.75 Å². The van der Waals surface area contributed by atoms with Crippen LogP contribution in [0.15, 0.2) is 34.9 Å². The Kier molecular flexibility index (Phi) is 3.90. The van der Waals surface area contributed by atoms with Crippen LogP contribution >= 0.6 is 0 Å². The summed E-state index contributed by atoms with van der Waals surface area (Å²) in [5, 5.41) is 6.24. The van der Waals surface area contributed by atoms with E-state index in [0.717, 1.165) is 0 Å². The van der Waals surface area contributed by atoms with Crippen LogP contribution in [0.25, 0.3) is 0 Å². The number of aromatic nitrogens is 2. The first-order valence-corrected chi connectivity index (χ1v) is 5.48. The molecule has 2 rings (SSSR count). The van der Waals surface area contributed by atoms with Crippen molar-refractivity contribution >= 4 is 5.91 Å². The second-order valence-electron chi connectivity index (χ2n) is 3.61. The van der Waals surface area contributed by atoms with E-state index in [1.807, 2.05) is 18.2 Å². The number of benzene rings is 1. The summed E-state index contributed by atoms with van der Waals surface area (Å²) >= 11 is 0. The van der Waals surface area contributed by atoms with Crippen LogP contribution in [0.2, 0.25) is 0 Å². The topological polar surface area (TPSA) is 77.2 Å². The van der Waals surface area contributed by atoms with Crippen LogP contribution in [0.1, 0.15) is 11.7 Å². The third-order valence-electron chi connectivity index (χ3n) is 2.12. The SMILES string of the molecule is Cc1noc(CNC(=O)COc2ccccc2)n1. The van der Waals surface area contributed by atoms with E-state index in [4.69, 9.17) is 9.26 Å². The van der Waals surface area contributed by atoms with Crippen LogP contribution in [0, 0.1) is 6.92 Å². The third kappa shape index (κ3) is 3.58. The van der Waals surface area contributed by atoms with Crippen molar-refractivity contribution in [1.82, 2.24) is 15.5 Å². The predicted molar refractivity (Wildman–Crippen MR) is 62.8 cm³/mol. The average Bonchev–Trinajstić information content (AvgIpc) is 2.81. The number of carbonyl (C=O) groups is 1. The lowest BCUT2D eigenvalue weighted by molar-refractivity contribution is -0.123. The number of carbonyl (C=O) groups excluding carboxylic acids is 1. The van der Waals surface area contributed by atoms with Gasteiger partial charge in [0.25, 0.3) is 5.91 Å². The zero-order chi connectivity index (χ0) is 12.8. The molecule has 0 aliphatic rings. The lowest BCUT2D eigenvalue weighted by Crippen LogP contribution is -2.28. The van der Waals surface area contributed by atoms with E-state index in [-0.39, 0.29) is 19.1 Å². The average molecular weight is 247 g/mol. The molecule has 0 atom stereocenters. The molecule has 18 heavy (non-hydrogen) atoms. The molecule has 0 saturated carbocycles. The van der Waals surface area contributed by atoms with Gasteiger partial charge in [0.2, 0.25) is 5.89 Å². The number of hydrogen-bond donors (Lipinski definition) is 1. The van der Waals surface area contributed by atoms with Gasteiger partial charge in [0, 0.05) is 0 Å². The normalized spacial score (nSPS) is 10.1. The summed E-state index contributed by atoms with van der Waals surface area (Å²) in [6.07, 6.45) is 0. The van der Waals surface area contributed by atoms with E-state index >= 15 is 0 Å². The monoisotopic (exact) mass is 247 g/mol. The Morgan fingerprint density at radius 2 is 2.17 bits per heavy atom. The van der Waals surface area contributed by atoms with Gasteiger partial charge in [-0.3, -0.25) is 4.79 Å². The van der Waals surface area contributed by atoms with Crippen molar-refractivity contribution in [1.29, 1.82) is 0 Å². The molecule has 2 aromatic rings. The van der Waals surface area contributed by atoms with E-state index in [1.54, 1.807) is 19.1 Å². The molecular weight excluding hydrogens is 234 g/mol. The molecule has 0 aliphatic carbocycles. The lowest BCUT2D eigenvalue weighted by Gasteiger charge is -2.05. The molecule has 0 bridgehead atoms. The molecule has 94 valence electrons. The summed E-state index contributed by atoms with van der Waals surface area (Å²) in [5.41, 5.74) is 0. The molecule has 1 aromatic heterocycles. The lowest BCUT2D eigenvalue weighted by atomic mass is 10.3. The third-order valence-corrected chi connectivity index (χ3v) is 2.12. The highest BCUT2D eigenvalue weighted by Gasteiger charge is 2.06. The Morgan fingerprint density at radius 3 is 2.83 bits per heavy atom. The van der Waals surface area contributed by atoms with Gasteiger partial charge in [0.1, 0.15) is 5.75 Å². The van der Waals surface area contributed by atoms with Gasteiger partial charge in [-0.05, 0) is 19.1 Å². The van der Waals surface area contributed by atoms with Gasteiger partial charge in [-0.15, -0.1) is 0 Å². The fourth-order valence-electron chi connectivity index (χ4n) is 1.30. The Balaban J connectivity index is 1.73. The molecule has 0 fully saturated rings.